The van der Waals surface area contributed by atoms with Crippen molar-refractivity contribution in [1.82, 2.24) is 10.6 Å². The standard InChI is InChI=1S/C14H20FN3O3/c1-8(2)16-14(20)18-13(19)9(3)17-11-6-5-10(15)7-12(11)21-4/h5-9,17H,1-4H3,(H2,16,18,19,20). The Morgan fingerprint density at radius 2 is 1.90 bits per heavy atom. The fourth-order valence-electron chi connectivity index (χ4n) is 1.60. The molecule has 3 amide bonds. The van der Waals surface area contributed by atoms with Gasteiger partial charge in [0.15, 0.2) is 0 Å². The predicted octanol–water partition coefficient (Wildman–Crippen LogP) is 1.87. The van der Waals surface area contributed by atoms with Gasteiger partial charge >= 0.3 is 6.03 Å². The molecule has 0 fully saturated rings. The molecule has 1 aromatic rings. The number of amides is 3. The third-order valence-corrected chi connectivity index (χ3v) is 2.59. The number of methoxy groups -OCH3 is 1. The minimum Gasteiger partial charge on any atom is -0.494 e. The number of rotatable bonds is 5. The first kappa shape index (κ1) is 16.7. The van der Waals surface area contributed by atoms with Crippen LogP contribution in [-0.4, -0.2) is 31.1 Å². The van der Waals surface area contributed by atoms with Gasteiger partial charge in [-0.3, -0.25) is 10.1 Å². The lowest BCUT2D eigenvalue weighted by Crippen LogP contribution is -2.47. The summed E-state index contributed by atoms with van der Waals surface area (Å²) in [6.45, 7) is 5.16. The van der Waals surface area contributed by atoms with Crippen LogP contribution in [0, 0.1) is 5.82 Å². The molecule has 0 radical (unpaired) electrons. The Morgan fingerprint density at radius 1 is 1.24 bits per heavy atom. The van der Waals surface area contributed by atoms with Crippen molar-refractivity contribution in [3.05, 3.63) is 24.0 Å². The summed E-state index contributed by atoms with van der Waals surface area (Å²) >= 11 is 0. The molecule has 1 rings (SSSR count). The molecular formula is C14H20FN3O3. The second-order valence-electron chi connectivity index (χ2n) is 4.83. The first-order chi connectivity index (χ1) is 9.83. The number of halogens is 1. The van der Waals surface area contributed by atoms with Gasteiger partial charge in [-0.2, -0.15) is 0 Å². The number of urea groups is 1. The molecule has 0 aliphatic rings. The van der Waals surface area contributed by atoms with E-state index in [2.05, 4.69) is 16.0 Å². The Hall–Kier alpha value is -2.31. The van der Waals surface area contributed by atoms with Crippen molar-refractivity contribution >= 4 is 17.6 Å². The summed E-state index contributed by atoms with van der Waals surface area (Å²) in [5.74, 6) is -0.661. The van der Waals surface area contributed by atoms with Crippen LogP contribution in [-0.2, 0) is 4.79 Å². The molecule has 0 heterocycles. The zero-order valence-corrected chi connectivity index (χ0v) is 12.5. The van der Waals surface area contributed by atoms with Crippen LogP contribution in [0.3, 0.4) is 0 Å². The number of carbonyl (C=O) groups excluding carboxylic acids is 2. The van der Waals surface area contributed by atoms with Crippen LogP contribution in [0.25, 0.3) is 0 Å². The van der Waals surface area contributed by atoms with Crippen LogP contribution in [0.5, 0.6) is 5.75 Å². The lowest BCUT2D eigenvalue weighted by atomic mass is 10.2. The van der Waals surface area contributed by atoms with Crippen molar-refractivity contribution in [3.63, 3.8) is 0 Å². The summed E-state index contributed by atoms with van der Waals surface area (Å²) < 4.78 is 18.1. The molecule has 0 spiro atoms. The van der Waals surface area contributed by atoms with E-state index in [9.17, 15) is 14.0 Å². The highest BCUT2D eigenvalue weighted by Crippen LogP contribution is 2.25. The zero-order valence-electron chi connectivity index (χ0n) is 12.5. The molecule has 1 unspecified atom stereocenters. The van der Waals surface area contributed by atoms with E-state index in [1.54, 1.807) is 20.8 Å². The first-order valence-electron chi connectivity index (χ1n) is 6.55. The number of nitrogens with one attached hydrogen (secondary N) is 3. The van der Waals surface area contributed by atoms with E-state index in [1.165, 1.54) is 25.3 Å². The first-order valence-corrected chi connectivity index (χ1v) is 6.55. The molecule has 116 valence electrons. The number of benzene rings is 1. The second kappa shape index (κ2) is 7.47. The fourth-order valence-corrected chi connectivity index (χ4v) is 1.60. The summed E-state index contributed by atoms with van der Waals surface area (Å²) in [6.07, 6.45) is 0. The molecule has 0 aromatic heterocycles. The topological polar surface area (TPSA) is 79.5 Å². The van der Waals surface area contributed by atoms with Crippen molar-refractivity contribution < 1.29 is 18.7 Å². The number of hydrogen-bond acceptors (Lipinski definition) is 4. The highest BCUT2D eigenvalue weighted by Gasteiger charge is 2.17. The maximum atomic E-state index is 13.1. The van der Waals surface area contributed by atoms with E-state index >= 15 is 0 Å². The average Bonchev–Trinajstić information content (AvgIpc) is 2.39. The van der Waals surface area contributed by atoms with Crippen molar-refractivity contribution in [3.8, 4) is 5.75 Å². The Labute approximate surface area is 123 Å². The zero-order chi connectivity index (χ0) is 16.0. The highest BCUT2D eigenvalue weighted by atomic mass is 19.1. The molecular weight excluding hydrogens is 277 g/mol. The Balaban J connectivity index is 2.66. The molecule has 6 nitrogen and oxygen atoms in total. The van der Waals surface area contributed by atoms with E-state index in [0.717, 1.165) is 0 Å². The summed E-state index contributed by atoms with van der Waals surface area (Å²) in [7, 11) is 1.40. The van der Waals surface area contributed by atoms with Gasteiger partial charge in [-0.1, -0.05) is 0 Å². The normalized spacial score (nSPS) is 11.7. The SMILES string of the molecule is COc1cc(F)ccc1NC(C)C(=O)NC(=O)NC(C)C. The lowest BCUT2D eigenvalue weighted by Gasteiger charge is -2.17. The maximum absolute atomic E-state index is 13.1. The van der Waals surface area contributed by atoms with Gasteiger partial charge in [0.2, 0.25) is 5.91 Å². The van der Waals surface area contributed by atoms with E-state index in [1.807, 2.05) is 0 Å². The summed E-state index contributed by atoms with van der Waals surface area (Å²) in [6, 6.07) is 2.60. The molecule has 0 saturated heterocycles. The molecule has 0 aliphatic carbocycles. The summed E-state index contributed by atoms with van der Waals surface area (Å²) in [5.41, 5.74) is 0.464. The van der Waals surface area contributed by atoms with Crippen molar-refractivity contribution in [1.29, 1.82) is 0 Å². The van der Waals surface area contributed by atoms with Gasteiger partial charge in [0.05, 0.1) is 12.8 Å². The van der Waals surface area contributed by atoms with Crippen LogP contribution < -0.4 is 20.7 Å². The van der Waals surface area contributed by atoms with Crippen LogP contribution in [0.15, 0.2) is 18.2 Å². The Kier molecular flexibility index (Phi) is 5.95. The fraction of sp³-hybridized carbons (Fsp3) is 0.429. The highest BCUT2D eigenvalue weighted by molar-refractivity contribution is 5.98. The number of ether oxygens (including phenoxy) is 1. The molecule has 1 atom stereocenters. The van der Waals surface area contributed by atoms with Gasteiger partial charge in [-0.15, -0.1) is 0 Å². The van der Waals surface area contributed by atoms with E-state index in [4.69, 9.17) is 4.74 Å². The summed E-state index contributed by atoms with van der Waals surface area (Å²) in [5, 5.41) is 7.63. The molecule has 0 bridgehead atoms. The number of anilines is 1. The van der Waals surface area contributed by atoms with Gasteiger partial charge in [0.25, 0.3) is 0 Å². The van der Waals surface area contributed by atoms with Crippen LogP contribution >= 0.6 is 0 Å². The molecule has 7 heteroatoms. The van der Waals surface area contributed by atoms with Gasteiger partial charge in [-0.25, -0.2) is 9.18 Å². The second-order valence-corrected chi connectivity index (χ2v) is 4.83. The number of hydrogen-bond donors (Lipinski definition) is 3. The molecule has 0 aliphatic heterocycles. The number of carbonyl (C=O) groups is 2. The third kappa shape index (κ3) is 5.29. The molecule has 21 heavy (non-hydrogen) atoms. The number of imide groups is 1. The quantitative estimate of drug-likeness (QED) is 0.775. The monoisotopic (exact) mass is 297 g/mol. The van der Waals surface area contributed by atoms with E-state index in [-0.39, 0.29) is 11.8 Å². The largest absolute Gasteiger partial charge is 0.494 e. The van der Waals surface area contributed by atoms with Crippen molar-refractivity contribution in [2.75, 3.05) is 12.4 Å². The Bertz CT molecular complexity index is 520. The van der Waals surface area contributed by atoms with Crippen LogP contribution in [0.1, 0.15) is 20.8 Å². The van der Waals surface area contributed by atoms with Crippen molar-refractivity contribution in [2.24, 2.45) is 0 Å². The summed E-state index contributed by atoms with van der Waals surface area (Å²) in [4.78, 5) is 23.3. The molecule has 1 aromatic carbocycles. The average molecular weight is 297 g/mol. The van der Waals surface area contributed by atoms with Gasteiger partial charge in [0.1, 0.15) is 17.6 Å². The van der Waals surface area contributed by atoms with E-state index < -0.39 is 23.8 Å². The van der Waals surface area contributed by atoms with Crippen LogP contribution in [0.2, 0.25) is 0 Å². The Morgan fingerprint density at radius 3 is 2.48 bits per heavy atom. The minimum atomic E-state index is -0.692. The van der Waals surface area contributed by atoms with E-state index in [0.29, 0.717) is 5.69 Å². The lowest BCUT2D eigenvalue weighted by molar-refractivity contribution is -0.120. The van der Waals surface area contributed by atoms with Gasteiger partial charge in [0, 0.05) is 12.1 Å². The predicted molar refractivity (Wildman–Crippen MR) is 77.8 cm³/mol. The van der Waals surface area contributed by atoms with Gasteiger partial charge in [-0.05, 0) is 32.9 Å². The molecule has 0 saturated carbocycles. The van der Waals surface area contributed by atoms with Gasteiger partial charge < -0.3 is 15.4 Å². The smallest absolute Gasteiger partial charge is 0.321 e. The maximum Gasteiger partial charge on any atom is 0.321 e. The minimum absolute atomic E-state index is 0.0711. The van der Waals surface area contributed by atoms with Crippen LogP contribution in [0.4, 0.5) is 14.9 Å². The third-order valence-electron chi connectivity index (χ3n) is 2.59. The molecule has 3 N–H and O–H groups in total. The van der Waals surface area contributed by atoms with Crippen molar-refractivity contribution in [2.45, 2.75) is 32.9 Å².